The number of hydrogen-bond acceptors (Lipinski definition) is 3. The summed E-state index contributed by atoms with van der Waals surface area (Å²) in [5.74, 6) is 0.679. The van der Waals surface area contributed by atoms with Gasteiger partial charge >= 0.3 is 0 Å². The standard InChI is InChI=1S/C10H12N4O/c1-3-7-4-8(6(2)13-10(7)15)9-11-5-12-14-9/h4-5H,3H2,1-2H3,(H,13,15)(H,11,12,14). The van der Waals surface area contributed by atoms with Crippen LogP contribution in [0.15, 0.2) is 17.2 Å². The van der Waals surface area contributed by atoms with Crippen molar-refractivity contribution in [3.63, 3.8) is 0 Å². The summed E-state index contributed by atoms with van der Waals surface area (Å²) in [6.07, 6.45) is 2.16. The molecule has 5 nitrogen and oxygen atoms in total. The lowest BCUT2D eigenvalue weighted by atomic mass is 10.1. The van der Waals surface area contributed by atoms with Crippen LogP contribution >= 0.6 is 0 Å². The summed E-state index contributed by atoms with van der Waals surface area (Å²) in [7, 11) is 0. The molecule has 0 radical (unpaired) electrons. The molecule has 2 aromatic rings. The second-order valence-corrected chi connectivity index (χ2v) is 3.35. The summed E-state index contributed by atoms with van der Waals surface area (Å²) in [5, 5.41) is 6.57. The monoisotopic (exact) mass is 204 g/mol. The summed E-state index contributed by atoms with van der Waals surface area (Å²) in [6, 6.07) is 1.86. The summed E-state index contributed by atoms with van der Waals surface area (Å²) >= 11 is 0. The van der Waals surface area contributed by atoms with Crippen LogP contribution in [0, 0.1) is 6.92 Å². The minimum absolute atomic E-state index is 0.0294. The van der Waals surface area contributed by atoms with Crippen molar-refractivity contribution in [1.82, 2.24) is 20.2 Å². The molecule has 0 atom stereocenters. The molecule has 5 heteroatoms. The predicted octanol–water partition coefficient (Wildman–Crippen LogP) is 1.03. The van der Waals surface area contributed by atoms with Crippen molar-refractivity contribution in [1.29, 1.82) is 0 Å². The highest BCUT2D eigenvalue weighted by molar-refractivity contribution is 5.58. The van der Waals surface area contributed by atoms with E-state index in [1.54, 1.807) is 0 Å². The van der Waals surface area contributed by atoms with Gasteiger partial charge < -0.3 is 4.98 Å². The SMILES string of the molecule is CCc1cc(-c2ncn[nH]2)c(C)[nH]c1=O. The van der Waals surface area contributed by atoms with Gasteiger partial charge in [-0.1, -0.05) is 6.92 Å². The number of nitrogens with zero attached hydrogens (tertiary/aromatic N) is 2. The molecule has 0 unspecified atom stereocenters. The zero-order valence-corrected chi connectivity index (χ0v) is 8.66. The van der Waals surface area contributed by atoms with Crippen LogP contribution in [0.4, 0.5) is 0 Å². The number of H-pyrrole nitrogens is 2. The van der Waals surface area contributed by atoms with Crippen LogP contribution in [0.25, 0.3) is 11.4 Å². The lowest BCUT2D eigenvalue weighted by Crippen LogP contribution is -2.13. The number of aryl methyl sites for hydroxylation is 2. The van der Waals surface area contributed by atoms with Crippen molar-refractivity contribution in [2.45, 2.75) is 20.3 Å². The van der Waals surface area contributed by atoms with Gasteiger partial charge in [0, 0.05) is 16.8 Å². The van der Waals surface area contributed by atoms with Gasteiger partial charge in [0.25, 0.3) is 5.56 Å². The molecular weight excluding hydrogens is 192 g/mol. The van der Waals surface area contributed by atoms with Gasteiger partial charge in [-0.15, -0.1) is 0 Å². The lowest BCUT2D eigenvalue weighted by molar-refractivity contribution is 1.02. The molecule has 0 fully saturated rings. The molecule has 2 heterocycles. The van der Waals surface area contributed by atoms with Gasteiger partial charge in [-0.25, -0.2) is 4.98 Å². The Kier molecular flexibility index (Phi) is 2.37. The molecule has 2 N–H and O–H groups in total. The Bertz CT molecular complexity index is 513. The van der Waals surface area contributed by atoms with Crippen LogP contribution in [-0.4, -0.2) is 20.2 Å². The molecule has 0 saturated carbocycles. The van der Waals surface area contributed by atoms with E-state index in [2.05, 4.69) is 20.2 Å². The van der Waals surface area contributed by atoms with E-state index in [4.69, 9.17) is 0 Å². The fourth-order valence-electron chi connectivity index (χ4n) is 1.51. The van der Waals surface area contributed by atoms with Crippen LogP contribution in [0.1, 0.15) is 18.2 Å². The second-order valence-electron chi connectivity index (χ2n) is 3.35. The lowest BCUT2D eigenvalue weighted by Gasteiger charge is -2.04. The van der Waals surface area contributed by atoms with Crippen LogP contribution in [0.3, 0.4) is 0 Å². The van der Waals surface area contributed by atoms with Crippen molar-refractivity contribution >= 4 is 0 Å². The van der Waals surface area contributed by atoms with Crippen LogP contribution in [0.2, 0.25) is 0 Å². The highest BCUT2D eigenvalue weighted by atomic mass is 16.1. The third kappa shape index (κ3) is 1.68. The Morgan fingerprint density at radius 3 is 2.87 bits per heavy atom. The highest BCUT2D eigenvalue weighted by Gasteiger charge is 2.08. The zero-order valence-electron chi connectivity index (χ0n) is 8.66. The first kappa shape index (κ1) is 9.64. The molecule has 0 saturated heterocycles. The van der Waals surface area contributed by atoms with Gasteiger partial charge in [0.2, 0.25) is 0 Å². The largest absolute Gasteiger partial charge is 0.326 e. The van der Waals surface area contributed by atoms with Crippen LogP contribution < -0.4 is 5.56 Å². The van der Waals surface area contributed by atoms with Gasteiger partial charge in [-0.05, 0) is 19.4 Å². The summed E-state index contributed by atoms with van der Waals surface area (Å²) in [4.78, 5) is 18.4. The van der Waals surface area contributed by atoms with Crippen LogP contribution in [-0.2, 0) is 6.42 Å². The van der Waals surface area contributed by atoms with E-state index in [1.807, 2.05) is 19.9 Å². The van der Waals surface area contributed by atoms with Crippen molar-refractivity contribution < 1.29 is 0 Å². The number of aromatic nitrogens is 4. The van der Waals surface area contributed by atoms with E-state index in [-0.39, 0.29) is 5.56 Å². The Balaban J connectivity index is 2.62. The Morgan fingerprint density at radius 2 is 2.27 bits per heavy atom. The van der Waals surface area contributed by atoms with E-state index < -0.39 is 0 Å². The first-order valence-electron chi connectivity index (χ1n) is 4.81. The van der Waals surface area contributed by atoms with Gasteiger partial charge in [-0.2, -0.15) is 5.10 Å². The average molecular weight is 204 g/mol. The number of aromatic amines is 2. The molecule has 0 bridgehead atoms. The maximum atomic E-state index is 11.5. The number of rotatable bonds is 2. The summed E-state index contributed by atoms with van der Waals surface area (Å²) in [6.45, 7) is 3.79. The summed E-state index contributed by atoms with van der Waals surface area (Å²) in [5.41, 5.74) is 2.42. The van der Waals surface area contributed by atoms with E-state index in [0.717, 1.165) is 16.8 Å². The molecule has 78 valence electrons. The van der Waals surface area contributed by atoms with Crippen LogP contribution in [0.5, 0.6) is 0 Å². The van der Waals surface area contributed by atoms with Gasteiger partial charge in [0.15, 0.2) is 5.82 Å². The first-order chi connectivity index (χ1) is 7.22. The molecule has 0 spiro atoms. The minimum atomic E-state index is -0.0294. The molecule has 2 rings (SSSR count). The molecule has 0 aromatic carbocycles. The maximum Gasteiger partial charge on any atom is 0.251 e. The van der Waals surface area contributed by atoms with Crippen molar-refractivity contribution in [2.75, 3.05) is 0 Å². The second kappa shape index (κ2) is 3.68. The molecular formula is C10H12N4O. The van der Waals surface area contributed by atoms with Gasteiger partial charge in [-0.3, -0.25) is 9.89 Å². The average Bonchev–Trinajstić information content (AvgIpc) is 2.71. The highest BCUT2D eigenvalue weighted by Crippen LogP contribution is 2.16. The number of pyridine rings is 1. The minimum Gasteiger partial charge on any atom is -0.326 e. The van der Waals surface area contributed by atoms with Crippen molar-refractivity contribution in [3.8, 4) is 11.4 Å². The van der Waals surface area contributed by atoms with E-state index >= 15 is 0 Å². The predicted molar refractivity (Wildman–Crippen MR) is 56.6 cm³/mol. The molecule has 0 aliphatic rings. The molecule has 15 heavy (non-hydrogen) atoms. The molecule has 0 aliphatic heterocycles. The van der Waals surface area contributed by atoms with Crippen molar-refractivity contribution in [3.05, 3.63) is 34.0 Å². The number of nitrogens with one attached hydrogen (secondary N) is 2. The molecule has 0 amide bonds. The quantitative estimate of drug-likeness (QED) is 0.767. The molecule has 2 aromatic heterocycles. The zero-order chi connectivity index (χ0) is 10.8. The van der Waals surface area contributed by atoms with Crippen molar-refractivity contribution in [2.24, 2.45) is 0 Å². The Labute approximate surface area is 86.6 Å². The normalized spacial score (nSPS) is 10.5. The first-order valence-corrected chi connectivity index (χ1v) is 4.81. The maximum absolute atomic E-state index is 11.5. The number of hydrogen-bond donors (Lipinski definition) is 2. The van der Waals surface area contributed by atoms with E-state index in [9.17, 15) is 4.79 Å². The topological polar surface area (TPSA) is 74.4 Å². The Morgan fingerprint density at radius 1 is 1.47 bits per heavy atom. The molecule has 0 aliphatic carbocycles. The fraction of sp³-hybridized carbons (Fsp3) is 0.300. The van der Waals surface area contributed by atoms with Gasteiger partial charge in [0.05, 0.1) is 0 Å². The third-order valence-electron chi connectivity index (χ3n) is 2.37. The Hall–Kier alpha value is -1.91. The third-order valence-corrected chi connectivity index (χ3v) is 2.37. The van der Waals surface area contributed by atoms with Gasteiger partial charge in [0.1, 0.15) is 6.33 Å². The van der Waals surface area contributed by atoms with E-state index in [0.29, 0.717) is 12.2 Å². The van der Waals surface area contributed by atoms with E-state index in [1.165, 1.54) is 6.33 Å². The smallest absolute Gasteiger partial charge is 0.251 e. The fourth-order valence-corrected chi connectivity index (χ4v) is 1.51. The summed E-state index contributed by atoms with van der Waals surface area (Å²) < 4.78 is 0.